The van der Waals surface area contributed by atoms with Crippen molar-refractivity contribution in [2.45, 2.75) is 34.9 Å². The van der Waals surface area contributed by atoms with Crippen molar-refractivity contribution < 1.29 is 18.0 Å². The molecule has 0 radical (unpaired) electrons. The van der Waals surface area contributed by atoms with Gasteiger partial charge in [-0.3, -0.25) is 14.9 Å². The first kappa shape index (κ1) is 26.6. The number of nitrogens with one attached hydrogen (secondary N) is 2. The molecular weight excluding hydrogens is 542 g/mol. The molecule has 190 valence electrons. The maximum Gasteiger partial charge on any atom is 0.257 e. The molecule has 1 aliphatic rings. The fourth-order valence-corrected chi connectivity index (χ4v) is 7.00. The predicted molar refractivity (Wildman–Crippen MR) is 142 cm³/mol. The number of rotatable bonds is 9. The maximum atomic E-state index is 12.8. The Bertz CT molecular complexity index is 1330. The van der Waals surface area contributed by atoms with Crippen molar-refractivity contribution in [1.29, 1.82) is 0 Å². The molecule has 0 spiro atoms. The molecule has 1 saturated heterocycles. The quantitative estimate of drug-likeness (QED) is 0.284. The number of hydrogen-bond donors (Lipinski definition) is 2. The molecule has 0 aliphatic carbocycles. The molecule has 4 rings (SSSR count). The molecule has 3 aromatic rings. The van der Waals surface area contributed by atoms with Crippen LogP contribution in [0.3, 0.4) is 0 Å². The van der Waals surface area contributed by atoms with Crippen LogP contribution in [-0.4, -0.2) is 53.6 Å². The van der Waals surface area contributed by atoms with Gasteiger partial charge in [0.15, 0.2) is 4.34 Å². The van der Waals surface area contributed by atoms with Crippen LogP contribution in [0.2, 0.25) is 5.02 Å². The second kappa shape index (κ2) is 12.2. The molecular formula is C23H24ClN5O4S3. The van der Waals surface area contributed by atoms with Gasteiger partial charge >= 0.3 is 0 Å². The van der Waals surface area contributed by atoms with E-state index >= 15 is 0 Å². The zero-order valence-corrected chi connectivity index (χ0v) is 22.4. The van der Waals surface area contributed by atoms with Crippen LogP contribution in [0, 0.1) is 0 Å². The van der Waals surface area contributed by atoms with E-state index in [0.29, 0.717) is 44.6 Å². The van der Waals surface area contributed by atoms with Gasteiger partial charge in [0.1, 0.15) is 0 Å². The summed E-state index contributed by atoms with van der Waals surface area (Å²) < 4.78 is 27.7. The topological polar surface area (TPSA) is 121 Å². The van der Waals surface area contributed by atoms with E-state index in [9.17, 15) is 18.0 Å². The Balaban J connectivity index is 1.26. The average Bonchev–Trinajstić information content (AvgIpc) is 3.31. The third-order valence-corrected chi connectivity index (χ3v) is 9.48. The summed E-state index contributed by atoms with van der Waals surface area (Å²) in [6.07, 6.45) is 3.03. The Morgan fingerprint density at radius 3 is 2.50 bits per heavy atom. The van der Waals surface area contributed by atoms with Gasteiger partial charge in [0.25, 0.3) is 5.91 Å². The van der Waals surface area contributed by atoms with E-state index in [1.165, 1.54) is 51.7 Å². The van der Waals surface area contributed by atoms with Crippen molar-refractivity contribution in [2.75, 3.05) is 29.5 Å². The van der Waals surface area contributed by atoms with E-state index < -0.39 is 15.9 Å². The predicted octanol–water partition coefficient (Wildman–Crippen LogP) is 4.74. The van der Waals surface area contributed by atoms with Crippen LogP contribution in [0.15, 0.2) is 57.8 Å². The summed E-state index contributed by atoms with van der Waals surface area (Å²) in [6.45, 7) is 1.04. The van der Waals surface area contributed by atoms with Crippen LogP contribution >= 0.6 is 34.7 Å². The van der Waals surface area contributed by atoms with E-state index in [1.54, 1.807) is 24.3 Å². The Morgan fingerprint density at radius 2 is 1.78 bits per heavy atom. The van der Waals surface area contributed by atoms with Gasteiger partial charge in [-0.15, -0.1) is 10.2 Å². The average molecular weight is 566 g/mol. The summed E-state index contributed by atoms with van der Waals surface area (Å²) in [4.78, 5) is 24.9. The van der Waals surface area contributed by atoms with Crippen LogP contribution in [0.1, 0.15) is 36.0 Å². The molecule has 0 unspecified atom stereocenters. The number of aromatic nitrogens is 2. The summed E-state index contributed by atoms with van der Waals surface area (Å²) in [5.41, 5.74) is 0.949. The van der Waals surface area contributed by atoms with Gasteiger partial charge in [0.2, 0.25) is 21.1 Å². The number of hydrogen-bond acceptors (Lipinski definition) is 8. The highest BCUT2D eigenvalue weighted by atomic mass is 35.5. The van der Waals surface area contributed by atoms with E-state index in [-0.39, 0.29) is 17.2 Å². The zero-order valence-electron chi connectivity index (χ0n) is 19.1. The maximum absolute atomic E-state index is 12.8. The number of nitrogens with zero attached hydrogens (tertiary/aromatic N) is 3. The first-order valence-electron chi connectivity index (χ1n) is 11.2. The zero-order chi connectivity index (χ0) is 25.5. The number of carbonyl (C=O) groups is 2. The van der Waals surface area contributed by atoms with Crippen molar-refractivity contribution in [1.82, 2.24) is 14.5 Å². The third-order valence-electron chi connectivity index (χ3n) is 5.36. The fraction of sp³-hybridized carbons (Fsp3) is 0.304. The van der Waals surface area contributed by atoms with E-state index in [1.807, 2.05) is 0 Å². The van der Waals surface area contributed by atoms with Gasteiger partial charge in [0.05, 0.1) is 4.90 Å². The number of thioether (sulfide) groups is 1. The number of carbonyl (C=O) groups excluding carboxylic acids is 2. The lowest BCUT2D eigenvalue weighted by Crippen LogP contribution is -2.35. The molecule has 2 amide bonds. The molecule has 9 nitrogen and oxygen atoms in total. The lowest BCUT2D eigenvalue weighted by atomic mass is 10.2. The van der Waals surface area contributed by atoms with E-state index in [4.69, 9.17) is 11.6 Å². The number of anilines is 2. The Hall–Kier alpha value is -2.51. The lowest BCUT2D eigenvalue weighted by Gasteiger charge is -2.25. The highest BCUT2D eigenvalue weighted by molar-refractivity contribution is 8.01. The number of piperidine rings is 1. The monoisotopic (exact) mass is 565 g/mol. The largest absolute Gasteiger partial charge is 0.326 e. The summed E-state index contributed by atoms with van der Waals surface area (Å²) >= 11 is 8.48. The van der Waals surface area contributed by atoms with Gasteiger partial charge in [-0.25, -0.2) is 8.42 Å². The number of halogens is 1. The third kappa shape index (κ3) is 7.04. The second-order valence-electron chi connectivity index (χ2n) is 7.97. The van der Waals surface area contributed by atoms with Gasteiger partial charge in [-0.2, -0.15) is 4.31 Å². The first-order chi connectivity index (χ1) is 17.3. The smallest absolute Gasteiger partial charge is 0.257 e. The highest BCUT2D eigenvalue weighted by Crippen LogP contribution is 2.27. The standard InChI is InChI=1S/C23H24ClN5O4S3/c24-17-5-4-6-18(15-17)25-20(30)11-14-34-23-28-27-22(35-23)26-21(31)16-7-9-19(10-8-16)36(32,33)29-12-2-1-3-13-29/h4-10,15H,1-3,11-14H2,(H,25,30)(H,26,27,31). The number of benzene rings is 2. The minimum Gasteiger partial charge on any atom is -0.326 e. The van der Waals surface area contributed by atoms with Gasteiger partial charge < -0.3 is 5.32 Å². The first-order valence-corrected chi connectivity index (χ1v) is 14.9. The molecule has 1 fully saturated rings. The minimum atomic E-state index is -3.55. The van der Waals surface area contributed by atoms with E-state index in [0.717, 1.165) is 19.3 Å². The van der Waals surface area contributed by atoms with Gasteiger partial charge in [-0.1, -0.05) is 47.2 Å². The highest BCUT2D eigenvalue weighted by Gasteiger charge is 2.26. The molecule has 2 N–H and O–H groups in total. The Kier molecular flexibility index (Phi) is 8.96. The van der Waals surface area contributed by atoms with Crippen LogP contribution in [0.25, 0.3) is 0 Å². The van der Waals surface area contributed by atoms with Crippen molar-refractivity contribution >= 4 is 67.4 Å². The van der Waals surface area contributed by atoms with Gasteiger partial charge in [-0.05, 0) is 55.3 Å². The normalized spacial score (nSPS) is 14.4. The molecule has 2 heterocycles. The SMILES string of the molecule is O=C(CCSc1nnc(NC(=O)c2ccc(S(=O)(=O)N3CCCCC3)cc2)s1)Nc1cccc(Cl)c1. The van der Waals surface area contributed by atoms with Crippen molar-refractivity contribution in [3.05, 3.63) is 59.1 Å². The molecule has 13 heteroatoms. The lowest BCUT2D eigenvalue weighted by molar-refractivity contribution is -0.115. The van der Waals surface area contributed by atoms with Gasteiger partial charge in [0, 0.05) is 41.5 Å². The fourth-order valence-electron chi connectivity index (χ4n) is 3.54. The van der Waals surface area contributed by atoms with Crippen LogP contribution in [0.5, 0.6) is 0 Å². The molecule has 2 aromatic carbocycles. The second-order valence-corrected chi connectivity index (χ2v) is 12.7. The minimum absolute atomic E-state index is 0.145. The molecule has 0 atom stereocenters. The molecule has 36 heavy (non-hydrogen) atoms. The molecule has 0 saturated carbocycles. The Labute approximate surface area is 222 Å². The van der Waals surface area contributed by atoms with E-state index in [2.05, 4.69) is 20.8 Å². The summed E-state index contributed by atoms with van der Waals surface area (Å²) in [6, 6.07) is 12.8. The van der Waals surface area contributed by atoms with Crippen LogP contribution < -0.4 is 10.6 Å². The summed E-state index contributed by atoms with van der Waals surface area (Å²) in [5.74, 6) is -0.0684. The summed E-state index contributed by atoms with van der Waals surface area (Å²) in [7, 11) is -3.55. The number of amides is 2. The van der Waals surface area contributed by atoms with Crippen molar-refractivity contribution in [3.63, 3.8) is 0 Å². The molecule has 0 bridgehead atoms. The van der Waals surface area contributed by atoms with Crippen LogP contribution in [-0.2, 0) is 14.8 Å². The summed E-state index contributed by atoms with van der Waals surface area (Å²) in [5, 5.41) is 14.3. The molecule has 1 aromatic heterocycles. The van der Waals surface area contributed by atoms with Crippen molar-refractivity contribution in [2.24, 2.45) is 0 Å². The van der Waals surface area contributed by atoms with Crippen molar-refractivity contribution in [3.8, 4) is 0 Å². The number of sulfonamides is 1. The molecule has 1 aliphatic heterocycles. The Morgan fingerprint density at radius 1 is 1.03 bits per heavy atom. The van der Waals surface area contributed by atoms with Crippen LogP contribution in [0.4, 0.5) is 10.8 Å².